The zero-order valence-electron chi connectivity index (χ0n) is 10.5. The predicted octanol–water partition coefficient (Wildman–Crippen LogP) is 3.68. The standard InChI is InChI=1S/C14H18BrClN2/c1-14(10-2-3-10)9-18(7-6-17-14)13-5-4-11(15)8-12(13)16/h4-5,8,10,17H,2-3,6-7,9H2,1H3. The van der Waals surface area contributed by atoms with Gasteiger partial charge in [-0.05, 0) is 43.9 Å². The van der Waals surface area contributed by atoms with Crippen LogP contribution in [0.1, 0.15) is 19.8 Å². The first-order valence-electron chi connectivity index (χ1n) is 6.53. The van der Waals surface area contributed by atoms with Crippen LogP contribution in [0.15, 0.2) is 22.7 Å². The molecular weight excluding hydrogens is 312 g/mol. The molecule has 0 amide bonds. The molecule has 1 saturated carbocycles. The second-order valence-electron chi connectivity index (χ2n) is 5.64. The Hall–Kier alpha value is -0.250. The molecule has 4 heteroatoms. The Morgan fingerprint density at radius 3 is 2.89 bits per heavy atom. The summed E-state index contributed by atoms with van der Waals surface area (Å²) in [6.45, 7) is 5.48. The molecule has 0 bridgehead atoms. The van der Waals surface area contributed by atoms with Crippen LogP contribution in [0.5, 0.6) is 0 Å². The van der Waals surface area contributed by atoms with E-state index >= 15 is 0 Å². The summed E-state index contributed by atoms with van der Waals surface area (Å²) in [5, 5.41) is 4.53. The summed E-state index contributed by atoms with van der Waals surface area (Å²) in [4.78, 5) is 2.42. The quantitative estimate of drug-likeness (QED) is 0.890. The highest BCUT2D eigenvalue weighted by Gasteiger charge is 2.44. The molecule has 1 saturated heterocycles. The van der Waals surface area contributed by atoms with E-state index < -0.39 is 0 Å². The molecule has 1 heterocycles. The highest BCUT2D eigenvalue weighted by Crippen LogP contribution is 2.42. The van der Waals surface area contributed by atoms with Gasteiger partial charge in [0.1, 0.15) is 0 Å². The fourth-order valence-corrected chi connectivity index (χ4v) is 3.74. The van der Waals surface area contributed by atoms with Crippen LogP contribution in [0.2, 0.25) is 5.02 Å². The maximum atomic E-state index is 6.36. The Morgan fingerprint density at radius 2 is 2.22 bits per heavy atom. The lowest BCUT2D eigenvalue weighted by Gasteiger charge is -2.43. The summed E-state index contributed by atoms with van der Waals surface area (Å²) >= 11 is 9.82. The number of benzene rings is 1. The summed E-state index contributed by atoms with van der Waals surface area (Å²) in [5.41, 5.74) is 1.42. The van der Waals surface area contributed by atoms with Gasteiger partial charge in [-0.2, -0.15) is 0 Å². The van der Waals surface area contributed by atoms with Crippen LogP contribution in [0, 0.1) is 5.92 Å². The van der Waals surface area contributed by atoms with Gasteiger partial charge in [-0.25, -0.2) is 0 Å². The van der Waals surface area contributed by atoms with Crippen molar-refractivity contribution in [2.45, 2.75) is 25.3 Å². The van der Waals surface area contributed by atoms with Gasteiger partial charge in [-0.1, -0.05) is 27.5 Å². The van der Waals surface area contributed by atoms with Crippen LogP contribution >= 0.6 is 27.5 Å². The molecule has 18 heavy (non-hydrogen) atoms. The molecule has 1 unspecified atom stereocenters. The number of piperazine rings is 1. The summed E-state index contributed by atoms with van der Waals surface area (Å²) in [6, 6.07) is 6.16. The molecule has 1 aromatic carbocycles. The number of hydrogen-bond acceptors (Lipinski definition) is 2. The molecular formula is C14H18BrClN2. The van der Waals surface area contributed by atoms with Gasteiger partial charge >= 0.3 is 0 Å². The summed E-state index contributed by atoms with van der Waals surface area (Å²) in [7, 11) is 0. The number of anilines is 1. The number of nitrogens with one attached hydrogen (secondary N) is 1. The van der Waals surface area contributed by atoms with Gasteiger partial charge in [-0.3, -0.25) is 0 Å². The highest BCUT2D eigenvalue weighted by atomic mass is 79.9. The average molecular weight is 330 g/mol. The molecule has 1 aromatic rings. The minimum atomic E-state index is 0.259. The monoisotopic (exact) mass is 328 g/mol. The molecule has 2 aliphatic rings. The summed E-state index contributed by atoms with van der Waals surface area (Å²) in [6.07, 6.45) is 2.73. The molecule has 0 aromatic heterocycles. The molecule has 2 fully saturated rings. The van der Waals surface area contributed by atoms with Crippen molar-refractivity contribution in [3.63, 3.8) is 0 Å². The van der Waals surface area contributed by atoms with E-state index in [0.717, 1.165) is 40.7 Å². The SMILES string of the molecule is CC1(C2CC2)CN(c2ccc(Br)cc2Cl)CCN1. The molecule has 3 rings (SSSR count). The predicted molar refractivity (Wildman–Crippen MR) is 80.5 cm³/mol. The van der Waals surface area contributed by atoms with Gasteiger partial charge in [0.25, 0.3) is 0 Å². The molecule has 0 radical (unpaired) electrons. The fourth-order valence-electron chi connectivity index (χ4n) is 2.95. The Labute approximate surface area is 122 Å². The van der Waals surface area contributed by atoms with Crippen LogP contribution in [-0.4, -0.2) is 25.2 Å². The second-order valence-corrected chi connectivity index (χ2v) is 6.96. The van der Waals surface area contributed by atoms with Crippen molar-refractivity contribution < 1.29 is 0 Å². The number of rotatable bonds is 2. The Bertz CT molecular complexity index is 461. The normalized spacial score (nSPS) is 28.5. The van der Waals surface area contributed by atoms with Crippen molar-refractivity contribution in [2.24, 2.45) is 5.92 Å². The summed E-state index contributed by atoms with van der Waals surface area (Å²) < 4.78 is 1.04. The van der Waals surface area contributed by atoms with Crippen LogP contribution < -0.4 is 10.2 Å². The van der Waals surface area contributed by atoms with E-state index in [2.05, 4.69) is 45.2 Å². The van der Waals surface area contributed by atoms with Gasteiger partial charge in [0.15, 0.2) is 0 Å². The van der Waals surface area contributed by atoms with Crippen molar-refractivity contribution >= 4 is 33.2 Å². The number of nitrogens with zero attached hydrogens (tertiary/aromatic N) is 1. The van der Waals surface area contributed by atoms with E-state index in [1.165, 1.54) is 12.8 Å². The first-order chi connectivity index (χ1) is 8.58. The minimum absolute atomic E-state index is 0.259. The van der Waals surface area contributed by atoms with E-state index in [1.807, 2.05) is 6.07 Å². The first kappa shape index (κ1) is 12.8. The van der Waals surface area contributed by atoms with E-state index in [9.17, 15) is 0 Å². The highest BCUT2D eigenvalue weighted by molar-refractivity contribution is 9.10. The molecule has 1 N–H and O–H groups in total. The first-order valence-corrected chi connectivity index (χ1v) is 7.71. The third kappa shape index (κ3) is 2.40. The van der Waals surface area contributed by atoms with E-state index in [4.69, 9.17) is 11.6 Å². The van der Waals surface area contributed by atoms with Crippen molar-refractivity contribution in [3.05, 3.63) is 27.7 Å². The average Bonchev–Trinajstić information content (AvgIpc) is 3.12. The molecule has 0 spiro atoms. The van der Waals surface area contributed by atoms with E-state index in [1.54, 1.807) is 0 Å². The lowest BCUT2D eigenvalue weighted by molar-refractivity contribution is 0.285. The lowest BCUT2D eigenvalue weighted by atomic mass is 9.92. The molecule has 98 valence electrons. The van der Waals surface area contributed by atoms with Crippen LogP contribution in [0.25, 0.3) is 0 Å². The zero-order valence-corrected chi connectivity index (χ0v) is 12.9. The maximum absolute atomic E-state index is 6.36. The van der Waals surface area contributed by atoms with Crippen LogP contribution in [0.4, 0.5) is 5.69 Å². The Balaban J connectivity index is 1.83. The van der Waals surface area contributed by atoms with Crippen molar-refractivity contribution in [1.29, 1.82) is 0 Å². The van der Waals surface area contributed by atoms with Crippen molar-refractivity contribution in [1.82, 2.24) is 5.32 Å². The maximum Gasteiger partial charge on any atom is 0.0650 e. The van der Waals surface area contributed by atoms with Crippen molar-refractivity contribution in [2.75, 3.05) is 24.5 Å². The molecule has 2 nitrogen and oxygen atoms in total. The smallest absolute Gasteiger partial charge is 0.0650 e. The topological polar surface area (TPSA) is 15.3 Å². The molecule has 1 aliphatic carbocycles. The molecule has 1 atom stereocenters. The molecule has 1 aliphatic heterocycles. The van der Waals surface area contributed by atoms with Crippen LogP contribution in [-0.2, 0) is 0 Å². The minimum Gasteiger partial charge on any atom is -0.367 e. The van der Waals surface area contributed by atoms with Gasteiger partial charge < -0.3 is 10.2 Å². The number of halogens is 2. The second kappa shape index (κ2) is 4.69. The third-order valence-corrected chi connectivity index (χ3v) is 4.95. The zero-order chi connectivity index (χ0) is 12.8. The fraction of sp³-hybridized carbons (Fsp3) is 0.571. The Kier molecular flexibility index (Phi) is 3.33. The van der Waals surface area contributed by atoms with Gasteiger partial charge in [0, 0.05) is 29.6 Å². The van der Waals surface area contributed by atoms with E-state index in [-0.39, 0.29) is 5.54 Å². The lowest BCUT2D eigenvalue weighted by Crippen LogP contribution is -2.60. The number of hydrogen-bond donors (Lipinski definition) is 1. The van der Waals surface area contributed by atoms with E-state index in [0.29, 0.717) is 0 Å². The third-order valence-electron chi connectivity index (χ3n) is 4.16. The van der Waals surface area contributed by atoms with Gasteiger partial charge in [0.2, 0.25) is 0 Å². The summed E-state index contributed by atoms with van der Waals surface area (Å²) in [5.74, 6) is 0.842. The van der Waals surface area contributed by atoms with Gasteiger partial charge in [-0.15, -0.1) is 0 Å². The van der Waals surface area contributed by atoms with Gasteiger partial charge in [0.05, 0.1) is 10.7 Å². The van der Waals surface area contributed by atoms with Crippen LogP contribution in [0.3, 0.4) is 0 Å². The van der Waals surface area contributed by atoms with Crippen molar-refractivity contribution in [3.8, 4) is 0 Å². The Morgan fingerprint density at radius 1 is 1.44 bits per heavy atom. The largest absolute Gasteiger partial charge is 0.367 e.